The minimum absolute atomic E-state index is 0.0205. The number of amides is 1. The molecule has 18 heavy (non-hydrogen) atoms. The van der Waals surface area contributed by atoms with Gasteiger partial charge in [0.15, 0.2) is 0 Å². The maximum absolute atomic E-state index is 11.9. The lowest BCUT2D eigenvalue weighted by Crippen LogP contribution is -2.48. The molecule has 0 aromatic carbocycles. The van der Waals surface area contributed by atoms with E-state index in [9.17, 15) is 9.36 Å². The van der Waals surface area contributed by atoms with E-state index in [4.69, 9.17) is 19.9 Å². The predicted octanol–water partition coefficient (Wildman–Crippen LogP) is -0.164. The second-order valence-corrected chi connectivity index (χ2v) is 5.71. The van der Waals surface area contributed by atoms with Gasteiger partial charge in [-0.1, -0.05) is 0 Å². The first-order valence-corrected chi connectivity index (χ1v) is 7.47. The van der Waals surface area contributed by atoms with Gasteiger partial charge in [-0.05, 0) is 6.92 Å². The van der Waals surface area contributed by atoms with E-state index in [2.05, 4.69) is 0 Å². The summed E-state index contributed by atoms with van der Waals surface area (Å²) in [7, 11) is -3.23. The fourth-order valence-electron chi connectivity index (χ4n) is 1.65. The molecule has 1 amide bonds. The lowest BCUT2D eigenvalue weighted by molar-refractivity contribution is 0.0723. The average Bonchev–Trinajstić information content (AvgIpc) is 2.36. The predicted molar refractivity (Wildman–Crippen MR) is 65.0 cm³/mol. The number of carbonyl (C=O) groups excluding carboxylic acids is 1. The molecule has 0 spiro atoms. The maximum Gasteiger partial charge on any atom is 0.409 e. The number of nitrogens with two attached hydrogens (primary N) is 1. The largest absolute Gasteiger partial charge is 0.447 e. The minimum atomic E-state index is -3.23. The second-order valence-electron chi connectivity index (χ2n) is 3.76. The lowest BCUT2D eigenvalue weighted by Gasteiger charge is -2.35. The molecule has 0 aromatic rings. The summed E-state index contributed by atoms with van der Waals surface area (Å²) in [5, 5.41) is 8.55. The van der Waals surface area contributed by atoms with Gasteiger partial charge < -0.3 is 19.3 Å². The number of hydrogen-bond donors (Lipinski definition) is 2. The topological polar surface area (TPSA) is 105 Å². The number of ether oxygens (including phenoxy) is 1. The highest BCUT2D eigenvalue weighted by Gasteiger charge is 2.32. The molecular weight excluding hydrogens is 261 g/mol. The van der Waals surface area contributed by atoms with E-state index < -0.39 is 13.8 Å². The van der Waals surface area contributed by atoms with Crippen LogP contribution in [0.4, 0.5) is 4.79 Å². The first-order valence-electron chi connectivity index (χ1n) is 5.82. The van der Waals surface area contributed by atoms with Gasteiger partial charge in [-0.2, -0.15) is 0 Å². The van der Waals surface area contributed by atoms with E-state index in [-0.39, 0.29) is 19.8 Å². The van der Waals surface area contributed by atoms with Crippen LogP contribution >= 0.6 is 7.67 Å². The summed E-state index contributed by atoms with van der Waals surface area (Å²) in [4.78, 5) is 13.0. The van der Waals surface area contributed by atoms with Crippen LogP contribution in [0.2, 0.25) is 0 Å². The molecule has 3 N–H and O–H groups in total. The van der Waals surface area contributed by atoms with Crippen molar-refractivity contribution in [1.29, 1.82) is 0 Å². The molecule has 8 nitrogen and oxygen atoms in total. The zero-order chi connectivity index (χ0) is 13.6. The molecule has 1 fully saturated rings. The van der Waals surface area contributed by atoms with Gasteiger partial charge >= 0.3 is 13.8 Å². The van der Waals surface area contributed by atoms with Crippen molar-refractivity contribution in [3.63, 3.8) is 0 Å². The minimum Gasteiger partial charge on any atom is -0.447 e. The van der Waals surface area contributed by atoms with Crippen molar-refractivity contribution in [2.45, 2.75) is 6.92 Å². The van der Waals surface area contributed by atoms with Crippen molar-refractivity contribution >= 4 is 13.8 Å². The quantitative estimate of drug-likeness (QED) is 0.674. The van der Waals surface area contributed by atoms with E-state index >= 15 is 0 Å². The van der Waals surface area contributed by atoms with Crippen molar-refractivity contribution in [2.75, 3.05) is 46.0 Å². The highest BCUT2D eigenvalue weighted by Crippen LogP contribution is 2.42. The SMILES string of the molecule is CCOP(N)(=O)N1CCN(C(=O)OCCO)CC1. The third kappa shape index (κ3) is 4.22. The van der Waals surface area contributed by atoms with Crippen LogP contribution in [-0.4, -0.2) is 66.8 Å². The van der Waals surface area contributed by atoms with Crippen LogP contribution in [0.25, 0.3) is 0 Å². The Bertz CT molecular complexity index is 319. The molecule has 9 heteroatoms. The molecule has 0 aromatic heterocycles. The lowest BCUT2D eigenvalue weighted by atomic mass is 10.4. The number of piperazine rings is 1. The van der Waals surface area contributed by atoms with Gasteiger partial charge in [-0.3, -0.25) is 4.57 Å². The Hall–Kier alpha value is -0.660. The Kier molecular flexibility index (Phi) is 6.04. The molecule has 1 heterocycles. The van der Waals surface area contributed by atoms with Crippen LogP contribution in [0.5, 0.6) is 0 Å². The summed E-state index contributed by atoms with van der Waals surface area (Å²) in [5.74, 6) is 0. The maximum atomic E-state index is 11.9. The Labute approximate surface area is 106 Å². The van der Waals surface area contributed by atoms with Gasteiger partial charge in [0.05, 0.1) is 13.2 Å². The van der Waals surface area contributed by atoms with Gasteiger partial charge in [0.2, 0.25) is 0 Å². The molecule has 1 rings (SSSR count). The monoisotopic (exact) mass is 281 g/mol. The third-order valence-electron chi connectivity index (χ3n) is 2.54. The molecular formula is C9H20N3O5P. The zero-order valence-electron chi connectivity index (χ0n) is 10.4. The molecule has 1 aliphatic heterocycles. The highest BCUT2D eigenvalue weighted by atomic mass is 31.2. The molecule has 106 valence electrons. The molecule has 0 saturated carbocycles. The number of aliphatic hydroxyl groups excluding tert-OH is 1. The smallest absolute Gasteiger partial charge is 0.409 e. The molecule has 1 aliphatic rings. The van der Waals surface area contributed by atoms with E-state index in [1.54, 1.807) is 11.6 Å². The van der Waals surface area contributed by atoms with Crippen LogP contribution in [0.3, 0.4) is 0 Å². The number of carbonyl (C=O) groups is 1. The zero-order valence-corrected chi connectivity index (χ0v) is 11.3. The molecule has 0 aliphatic carbocycles. The van der Waals surface area contributed by atoms with E-state index in [0.717, 1.165) is 0 Å². The van der Waals surface area contributed by atoms with Gasteiger partial charge in [0.1, 0.15) is 6.61 Å². The molecule has 0 bridgehead atoms. The summed E-state index contributed by atoms with van der Waals surface area (Å²) >= 11 is 0. The summed E-state index contributed by atoms with van der Waals surface area (Å²) in [6, 6.07) is 0. The van der Waals surface area contributed by atoms with Crippen LogP contribution in [-0.2, 0) is 13.8 Å². The average molecular weight is 281 g/mol. The van der Waals surface area contributed by atoms with Gasteiger partial charge in [-0.25, -0.2) is 15.0 Å². The molecule has 1 saturated heterocycles. The summed E-state index contributed by atoms with van der Waals surface area (Å²) in [6.07, 6.45) is -0.480. The molecule has 0 radical (unpaired) electrons. The third-order valence-corrected chi connectivity index (χ3v) is 4.36. The van der Waals surface area contributed by atoms with Crippen LogP contribution in [0.1, 0.15) is 6.92 Å². The fraction of sp³-hybridized carbons (Fsp3) is 0.889. The number of hydrogen-bond acceptors (Lipinski definition) is 5. The van der Waals surface area contributed by atoms with Crippen LogP contribution in [0, 0.1) is 0 Å². The second kappa shape index (κ2) is 7.06. The van der Waals surface area contributed by atoms with Crippen LogP contribution in [0.15, 0.2) is 0 Å². The Morgan fingerprint density at radius 2 is 2.00 bits per heavy atom. The Morgan fingerprint density at radius 1 is 1.39 bits per heavy atom. The fourth-order valence-corrected chi connectivity index (χ4v) is 2.92. The number of nitrogens with zero attached hydrogens (tertiary/aromatic N) is 2. The summed E-state index contributed by atoms with van der Waals surface area (Å²) in [5.41, 5.74) is 5.60. The van der Waals surface area contributed by atoms with Crippen molar-refractivity contribution < 1.29 is 23.7 Å². The molecule has 1 atom stereocenters. The normalized spacial score (nSPS) is 20.5. The number of aliphatic hydroxyl groups is 1. The first kappa shape index (κ1) is 15.4. The van der Waals surface area contributed by atoms with Crippen molar-refractivity contribution in [3.8, 4) is 0 Å². The van der Waals surface area contributed by atoms with E-state index in [1.165, 1.54) is 4.90 Å². The summed E-state index contributed by atoms with van der Waals surface area (Å²) in [6.45, 7) is 3.29. The molecule has 1 unspecified atom stereocenters. The van der Waals surface area contributed by atoms with Gasteiger partial charge in [0, 0.05) is 26.2 Å². The highest BCUT2D eigenvalue weighted by molar-refractivity contribution is 7.53. The first-order chi connectivity index (χ1) is 8.51. The van der Waals surface area contributed by atoms with Gasteiger partial charge in [-0.15, -0.1) is 0 Å². The number of rotatable bonds is 5. The van der Waals surface area contributed by atoms with E-state index in [0.29, 0.717) is 26.2 Å². The Balaban J connectivity index is 2.41. The standard InChI is InChI=1S/C9H20N3O5P/c1-2-17-18(10,15)12-5-3-11(4-6-12)9(14)16-8-7-13/h13H,2-8H2,1H3,(H2,10,15). The van der Waals surface area contributed by atoms with E-state index in [1.807, 2.05) is 0 Å². The van der Waals surface area contributed by atoms with Gasteiger partial charge in [0.25, 0.3) is 0 Å². The van der Waals surface area contributed by atoms with Crippen LogP contribution < -0.4 is 5.50 Å². The van der Waals surface area contributed by atoms with Crippen molar-refractivity contribution in [2.24, 2.45) is 5.50 Å². The Morgan fingerprint density at radius 3 is 2.50 bits per heavy atom. The summed E-state index contributed by atoms with van der Waals surface area (Å²) < 4.78 is 23.3. The van der Waals surface area contributed by atoms with Crippen molar-refractivity contribution in [3.05, 3.63) is 0 Å². The van der Waals surface area contributed by atoms with Crippen molar-refractivity contribution in [1.82, 2.24) is 9.57 Å².